The number of fused-ring (bicyclic) bond motifs is 1. The van der Waals surface area contributed by atoms with E-state index in [0.717, 1.165) is 26.8 Å². The van der Waals surface area contributed by atoms with Gasteiger partial charge in [0.2, 0.25) is 11.7 Å². The van der Waals surface area contributed by atoms with Crippen LogP contribution in [-0.4, -0.2) is 27.0 Å². The number of nitrogens with one attached hydrogen (secondary N) is 1. The zero-order valence-electron chi connectivity index (χ0n) is 16.2. The molecule has 30 heavy (non-hydrogen) atoms. The lowest BCUT2D eigenvalue weighted by Crippen LogP contribution is -2.41. The van der Waals surface area contributed by atoms with Gasteiger partial charge in [-0.05, 0) is 23.3 Å². The Kier molecular flexibility index (Phi) is 4.10. The van der Waals surface area contributed by atoms with Gasteiger partial charge in [-0.2, -0.15) is 4.98 Å². The number of hydrogen-bond acceptors (Lipinski definition) is 5. The SMILES string of the molecule is CC1(c2cccc3ccccc23)NC(=O)N(Cc2nc(-c3ccccc3)no2)C1=O. The minimum Gasteiger partial charge on any atom is -0.337 e. The van der Waals surface area contributed by atoms with Gasteiger partial charge in [0.1, 0.15) is 12.1 Å². The molecule has 3 amide bonds. The maximum Gasteiger partial charge on any atom is 0.325 e. The molecule has 1 saturated heterocycles. The fourth-order valence-electron chi connectivity index (χ4n) is 3.84. The Morgan fingerprint density at radius 1 is 0.967 bits per heavy atom. The van der Waals surface area contributed by atoms with Crippen LogP contribution in [0.4, 0.5) is 4.79 Å². The van der Waals surface area contributed by atoms with Crippen LogP contribution in [0.15, 0.2) is 77.3 Å². The molecule has 2 heterocycles. The molecule has 0 saturated carbocycles. The number of carbonyl (C=O) groups is 2. The number of rotatable bonds is 4. The third kappa shape index (κ3) is 2.83. The first kappa shape index (κ1) is 18.1. The molecule has 7 nitrogen and oxygen atoms in total. The topological polar surface area (TPSA) is 88.3 Å². The first-order chi connectivity index (χ1) is 14.6. The molecule has 0 aliphatic carbocycles. The van der Waals surface area contributed by atoms with Crippen molar-refractivity contribution in [2.75, 3.05) is 0 Å². The Bertz CT molecular complexity index is 1260. The van der Waals surface area contributed by atoms with Crippen LogP contribution >= 0.6 is 0 Å². The molecule has 0 bridgehead atoms. The molecule has 1 N–H and O–H groups in total. The Labute approximate surface area is 172 Å². The van der Waals surface area contributed by atoms with Crippen molar-refractivity contribution in [1.29, 1.82) is 0 Å². The van der Waals surface area contributed by atoms with E-state index < -0.39 is 11.6 Å². The number of hydrogen-bond donors (Lipinski definition) is 1. The van der Waals surface area contributed by atoms with Crippen LogP contribution < -0.4 is 5.32 Å². The third-order valence-electron chi connectivity index (χ3n) is 5.40. The zero-order chi connectivity index (χ0) is 20.7. The van der Waals surface area contributed by atoms with E-state index in [0.29, 0.717) is 5.82 Å². The summed E-state index contributed by atoms with van der Waals surface area (Å²) >= 11 is 0. The molecule has 148 valence electrons. The lowest BCUT2D eigenvalue weighted by molar-refractivity contribution is -0.131. The smallest absolute Gasteiger partial charge is 0.325 e. The Morgan fingerprint density at radius 3 is 2.53 bits per heavy atom. The molecule has 1 aliphatic heterocycles. The third-order valence-corrected chi connectivity index (χ3v) is 5.40. The maximum absolute atomic E-state index is 13.3. The van der Waals surface area contributed by atoms with Crippen LogP contribution in [0.5, 0.6) is 0 Å². The standard InChI is InChI=1S/C23H18N4O3/c1-23(18-13-7-11-15-8-5-6-12-17(15)18)21(28)27(22(29)25-23)14-19-24-20(26-30-19)16-9-3-2-4-10-16/h2-13H,14H2,1H3,(H,25,29). The summed E-state index contributed by atoms with van der Waals surface area (Å²) in [4.78, 5) is 31.5. The highest BCUT2D eigenvalue weighted by atomic mass is 16.5. The van der Waals surface area contributed by atoms with Crippen molar-refractivity contribution >= 4 is 22.7 Å². The average Bonchev–Trinajstić information content (AvgIpc) is 3.33. The molecule has 1 fully saturated rings. The van der Waals surface area contributed by atoms with E-state index in [4.69, 9.17) is 4.52 Å². The second-order valence-corrected chi connectivity index (χ2v) is 7.35. The van der Waals surface area contributed by atoms with Crippen molar-refractivity contribution in [2.45, 2.75) is 19.0 Å². The highest BCUT2D eigenvalue weighted by Gasteiger charge is 2.50. The van der Waals surface area contributed by atoms with Crippen LogP contribution in [0.2, 0.25) is 0 Å². The minimum atomic E-state index is -1.18. The van der Waals surface area contributed by atoms with Gasteiger partial charge in [0.25, 0.3) is 5.91 Å². The quantitative estimate of drug-likeness (QED) is 0.528. The minimum absolute atomic E-state index is 0.0924. The summed E-state index contributed by atoms with van der Waals surface area (Å²) in [5, 5.41) is 8.72. The lowest BCUT2D eigenvalue weighted by atomic mass is 9.88. The molecule has 1 atom stereocenters. The van der Waals surface area contributed by atoms with Gasteiger partial charge in [0.05, 0.1) is 0 Å². The highest BCUT2D eigenvalue weighted by Crippen LogP contribution is 2.34. The predicted octanol–water partition coefficient (Wildman–Crippen LogP) is 3.86. The normalized spacial score (nSPS) is 18.8. The van der Waals surface area contributed by atoms with Crippen LogP contribution in [0.1, 0.15) is 18.4 Å². The number of benzene rings is 3. The van der Waals surface area contributed by atoms with Crippen molar-refractivity contribution in [1.82, 2.24) is 20.4 Å². The number of nitrogens with zero attached hydrogens (tertiary/aromatic N) is 3. The van der Waals surface area contributed by atoms with Crippen LogP contribution in [0.3, 0.4) is 0 Å². The molecule has 0 spiro atoms. The van der Waals surface area contributed by atoms with Crippen molar-refractivity contribution < 1.29 is 14.1 Å². The van der Waals surface area contributed by atoms with E-state index in [1.54, 1.807) is 6.92 Å². The van der Waals surface area contributed by atoms with Crippen molar-refractivity contribution in [2.24, 2.45) is 0 Å². The van der Waals surface area contributed by atoms with Crippen molar-refractivity contribution in [3.63, 3.8) is 0 Å². The number of amides is 3. The van der Waals surface area contributed by atoms with E-state index in [1.807, 2.05) is 72.8 Å². The molecule has 0 radical (unpaired) electrons. The summed E-state index contributed by atoms with van der Waals surface area (Å²) in [7, 11) is 0. The molecule has 1 aromatic heterocycles. The van der Waals surface area contributed by atoms with Gasteiger partial charge in [-0.15, -0.1) is 0 Å². The molecule has 1 aliphatic rings. The molecule has 7 heteroatoms. The van der Waals surface area contributed by atoms with Gasteiger partial charge in [-0.1, -0.05) is 78.0 Å². The van der Waals surface area contributed by atoms with Gasteiger partial charge >= 0.3 is 6.03 Å². The number of imide groups is 1. The van der Waals surface area contributed by atoms with Gasteiger partial charge < -0.3 is 9.84 Å². The largest absolute Gasteiger partial charge is 0.337 e. The average molecular weight is 398 g/mol. The Balaban J connectivity index is 1.45. The summed E-state index contributed by atoms with van der Waals surface area (Å²) in [6.45, 7) is 1.63. The zero-order valence-corrected chi connectivity index (χ0v) is 16.2. The van der Waals surface area contributed by atoms with E-state index in [2.05, 4.69) is 15.5 Å². The molecular weight excluding hydrogens is 380 g/mol. The summed E-state index contributed by atoms with van der Waals surface area (Å²) in [5.74, 6) is 0.248. The summed E-state index contributed by atoms with van der Waals surface area (Å²) in [6.07, 6.45) is 0. The molecule has 1 unspecified atom stereocenters. The van der Waals surface area contributed by atoms with Gasteiger partial charge in [-0.3, -0.25) is 9.69 Å². The lowest BCUT2D eigenvalue weighted by Gasteiger charge is -2.23. The molecule has 4 aromatic rings. The number of carbonyl (C=O) groups excluding carboxylic acids is 2. The summed E-state index contributed by atoms with van der Waals surface area (Å²) < 4.78 is 5.29. The van der Waals surface area contributed by atoms with Crippen LogP contribution in [-0.2, 0) is 16.9 Å². The van der Waals surface area contributed by atoms with Gasteiger partial charge in [0.15, 0.2) is 0 Å². The second-order valence-electron chi connectivity index (χ2n) is 7.35. The van der Waals surface area contributed by atoms with Crippen LogP contribution in [0, 0.1) is 0 Å². The van der Waals surface area contributed by atoms with E-state index >= 15 is 0 Å². The second kappa shape index (κ2) is 6.81. The fourth-order valence-corrected chi connectivity index (χ4v) is 3.84. The van der Waals surface area contributed by atoms with Crippen molar-refractivity contribution in [3.8, 4) is 11.4 Å². The molecular formula is C23H18N4O3. The maximum atomic E-state index is 13.3. The Morgan fingerprint density at radius 2 is 1.70 bits per heavy atom. The van der Waals surface area contributed by atoms with Crippen molar-refractivity contribution in [3.05, 3.63) is 84.3 Å². The fraction of sp³-hybridized carbons (Fsp3) is 0.130. The van der Waals surface area contributed by atoms with Crippen LogP contribution in [0.25, 0.3) is 22.2 Å². The highest BCUT2D eigenvalue weighted by molar-refractivity contribution is 6.09. The monoisotopic (exact) mass is 398 g/mol. The predicted molar refractivity (Wildman–Crippen MR) is 110 cm³/mol. The Hall–Kier alpha value is -4.00. The van der Waals surface area contributed by atoms with E-state index in [1.165, 1.54) is 0 Å². The molecule has 5 rings (SSSR count). The van der Waals surface area contributed by atoms with Gasteiger partial charge in [-0.25, -0.2) is 4.79 Å². The van der Waals surface area contributed by atoms with E-state index in [9.17, 15) is 9.59 Å². The summed E-state index contributed by atoms with van der Waals surface area (Å²) in [6, 6.07) is 22.4. The number of aromatic nitrogens is 2. The van der Waals surface area contributed by atoms with E-state index in [-0.39, 0.29) is 18.3 Å². The van der Waals surface area contributed by atoms with Gasteiger partial charge in [0, 0.05) is 5.56 Å². The summed E-state index contributed by atoms with van der Waals surface area (Å²) in [5.41, 5.74) is 0.363. The number of urea groups is 1. The first-order valence-electron chi connectivity index (χ1n) is 9.56. The molecule has 3 aromatic carbocycles. The first-order valence-corrected chi connectivity index (χ1v) is 9.56.